The molecule has 1 aliphatic carbocycles. The molecule has 3 unspecified atom stereocenters. The summed E-state index contributed by atoms with van der Waals surface area (Å²) in [5.41, 5.74) is 0.217. The molecule has 3 aliphatic rings. The first-order chi connectivity index (χ1) is 13.2. The highest BCUT2D eigenvalue weighted by atomic mass is 19.1. The Kier molecular flexibility index (Phi) is 5.62. The van der Waals surface area contributed by atoms with Gasteiger partial charge >= 0.3 is 0 Å². The van der Waals surface area contributed by atoms with Crippen LogP contribution in [0, 0.1) is 17.6 Å². The van der Waals surface area contributed by atoms with Crippen LogP contribution in [0.2, 0.25) is 0 Å². The Morgan fingerprint density at radius 3 is 2.59 bits per heavy atom. The molecule has 27 heavy (non-hydrogen) atoms. The molecule has 0 aromatic heterocycles. The molecular formula is C21H30F2N4. The van der Waals surface area contributed by atoms with Crippen LogP contribution in [0.15, 0.2) is 23.2 Å². The number of likely N-dealkylation sites (tertiary alicyclic amines) is 2. The summed E-state index contributed by atoms with van der Waals surface area (Å²) < 4.78 is 28.0. The fourth-order valence-electron chi connectivity index (χ4n) is 4.68. The standard InChI is InChI=1S/C21H30F2N4/c1-24-21(25-19-12-16(19)20-17(22)6-5-7-18(20)23)27-11-8-15(14-27)13-26-9-3-2-4-10-26/h5-7,15-16,19H,2-4,8-14H2,1H3,(H,24,25). The lowest BCUT2D eigenvalue weighted by Crippen LogP contribution is -2.42. The van der Waals surface area contributed by atoms with Crippen LogP contribution >= 0.6 is 0 Å². The van der Waals surface area contributed by atoms with Gasteiger partial charge in [-0.05, 0) is 56.8 Å². The van der Waals surface area contributed by atoms with Crippen molar-refractivity contribution in [2.24, 2.45) is 10.9 Å². The highest BCUT2D eigenvalue weighted by Gasteiger charge is 2.43. The third kappa shape index (κ3) is 4.26. The van der Waals surface area contributed by atoms with Gasteiger partial charge in [0, 0.05) is 44.2 Å². The van der Waals surface area contributed by atoms with Crippen molar-refractivity contribution in [1.29, 1.82) is 0 Å². The number of piperidine rings is 1. The molecular weight excluding hydrogens is 346 g/mol. The molecule has 0 radical (unpaired) electrons. The zero-order chi connectivity index (χ0) is 18.8. The highest BCUT2D eigenvalue weighted by Crippen LogP contribution is 2.43. The first kappa shape index (κ1) is 18.7. The molecule has 2 aliphatic heterocycles. The lowest BCUT2D eigenvalue weighted by Gasteiger charge is -2.29. The van der Waals surface area contributed by atoms with E-state index in [2.05, 4.69) is 20.1 Å². The molecule has 2 saturated heterocycles. The zero-order valence-electron chi connectivity index (χ0n) is 16.1. The van der Waals surface area contributed by atoms with E-state index in [1.54, 1.807) is 7.05 Å². The molecule has 148 valence electrons. The fourth-order valence-corrected chi connectivity index (χ4v) is 4.68. The van der Waals surface area contributed by atoms with Gasteiger partial charge in [-0.1, -0.05) is 12.5 Å². The molecule has 4 nitrogen and oxygen atoms in total. The maximum atomic E-state index is 14.0. The molecule has 0 bridgehead atoms. The van der Waals surface area contributed by atoms with Gasteiger partial charge in [0.05, 0.1) is 0 Å². The minimum Gasteiger partial charge on any atom is -0.353 e. The topological polar surface area (TPSA) is 30.9 Å². The van der Waals surface area contributed by atoms with E-state index in [1.165, 1.54) is 63.5 Å². The van der Waals surface area contributed by atoms with E-state index in [0.29, 0.717) is 5.92 Å². The molecule has 3 fully saturated rings. The first-order valence-electron chi connectivity index (χ1n) is 10.3. The average Bonchev–Trinajstić information content (AvgIpc) is 3.26. The lowest BCUT2D eigenvalue weighted by molar-refractivity contribution is 0.198. The van der Waals surface area contributed by atoms with Crippen LogP contribution in [-0.4, -0.2) is 61.6 Å². The van der Waals surface area contributed by atoms with E-state index < -0.39 is 11.6 Å². The molecule has 4 rings (SSSR count). The van der Waals surface area contributed by atoms with Crippen LogP contribution in [0.1, 0.15) is 43.6 Å². The Balaban J connectivity index is 1.30. The second-order valence-electron chi connectivity index (χ2n) is 8.24. The second kappa shape index (κ2) is 8.13. The first-order valence-corrected chi connectivity index (χ1v) is 10.3. The van der Waals surface area contributed by atoms with E-state index in [4.69, 9.17) is 0 Å². The van der Waals surface area contributed by atoms with Gasteiger partial charge in [-0.25, -0.2) is 8.78 Å². The highest BCUT2D eigenvalue weighted by molar-refractivity contribution is 5.81. The summed E-state index contributed by atoms with van der Waals surface area (Å²) >= 11 is 0. The molecule has 0 amide bonds. The van der Waals surface area contributed by atoms with Crippen molar-refractivity contribution in [3.8, 4) is 0 Å². The van der Waals surface area contributed by atoms with E-state index >= 15 is 0 Å². The molecule has 6 heteroatoms. The molecule has 3 atom stereocenters. The van der Waals surface area contributed by atoms with Gasteiger partial charge in [0.2, 0.25) is 0 Å². The summed E-state index contributed by atoms with van der Waals surface area (Å²) in [6.07, 6.45) is 5.97. The number of guanidine groups is 1. The number of aliphatic imine (C=N–C) groups is 1. The molecule has 1 N–H and O–H groups in total. The summed E-state index contributed by atoms with van der Waals surface area (Å²) in [4.78, 5) is 9.34. The number of rotatable bonds is 4. The van der Waals surface area contributed by atoms with E-state index in [1.807, 2.05) is 0 Å². The van der Waals surface area contributed by atoms with Gasteiger partial charge in [-0.3, -0.25) is 4.99 Å². The Hall–Kier alpha value is -1.69. The Morgan fingerprint density at radius 1 is 1.15 bits per heavy atom. The van der Waals surface area contributed by atoms with E-state index in [-0.39, 0.29) is 17.5 Å². The molecule has 1 saturated carbocycles. The van der Waals surface area contributed by atoms with Gasteiger partial charge in [0.15, 0.2) is 5.96 Å². The van der Waals surface area contributed by atoms with Crippen molar-refractivity contribution in [3.05, 3.63) is 35.4 Å². The van der Waals surface area contributed by atoms with Crippen molar-refractivity contribution >= 4 is 5.96 Å². The van der Waals surface area contributed by atoms with Gasteiger partial charge in [-0.2, -0.15) is 0 Å². The average molecular weight is 376 g/mol. The monoisotopic (exact) mass is 376 g/mol. The third-order valence-corrected chi connectivity index (χ3v) is 6.24. The summed E-state index contributed by atoms with van der Waals surface area (Å²) in [5, 5.41) is 3.44. The number of nitrogens with one attached hydrogen (secondary N) is 1. The molecule has 1 aromatic rings. The maximum absolute atomic E-state index is 14.0. The van der Waals surface area contributed by atoms with Gasteiger partial charge in [-0.15, -0.1) is 0 Å². The number of hydrogen-bond donors (Lipinski definition) is 1. The van der Waals surface area contributed by atoms with Crippen LogP contribution < -0.4 is 5.32 Å². The smallest absolute Gasteiger partial charge is 0.193 e. The number of hydrogen-bond acceptors (Lipinski definition) is 2. The van der Waals surface area contributed by atoms with Gasteiger partial charge < -0.3 is 15.1 Å². The van der Waals surface area contributed by atoms with Gasteiger partial charge in [0.25, 0.3) is 0 Å². The van der Waals surface area contributed by atoms with Crippen molar-refractivity contribution in [2.75, 3.05) is 39.8 Å². The predicted octanol–water partition coefficient (Wildman–Crippen LogP) is 3.20. The van der Waals surface area contributed by atoms with Crippen LogP contribution in [0.3, 0.4) is 0 Å². The maximum Gasteiger partial charge on any atom is 0.193 e. The zero-order valence-corrected chi connectivity index (χ0v) is 16.1. The van der Waals surface area contributed by atoms with Gasteiger partial charge in [0.1, 0.15) is 11.6 Å². The summed E-state index contributed by atoms with van der Waals surface area (Å²) in [6.45, 7) is 5.67. The largest absolute Gasteiger partial charge is 0.353 e. The Bertz CT molecular complexity index is 667. The number of halogens is 2. The van der Waals surface area contributed by atoms with Crippen molar-refractivity contribution in [3.63, 3.8) is 0 Å². The Labute approximate surface area is 160 Å². The quantitative estimate of drug-likeness (QED) is 0.647. The SMILES string of the molecule is CN=C(NC1CC1c1c(F)cccc1F)N1CCC(CN2CCCCC2)C1. The van der Waals surface area contributed by atoms with Crippen LogP contribution in [0.4, 0.5) is 8.78 Å². The predicted molar refractivity (Wildman–Crippen MR) is 104 cm³/mol. The lowest BCUT2D eigenvalue weighted by atomic mass is 10.1. The molecule has 0 spiro atoms. The second-order valence-corrected chi connectivity index (χ2v) is 8.24. The van der Waals surface area contributed by atoms with Crippen LogP contribution in [0.25, 0.3) is 0 Å². The van der Waals surface area contributed by atoms with Crippen LogP contribution in [0.5, 0.6) is 0 Å². The summed E-state index contributed by atoms with van der Waals surface area (Å²) in [5.74, 6) is 0.569. The number of nitrogens with zero attached hydrogens (tertiary/aromatic N) is 3. The van der Waals surface area contributed by atoms with E-state index in [9.17, 15) is 8.78 Å². The summed E-state index contributed by atoms with van der Waals surface area (Å²) in [6, 6.07) is 4.17. The fraction of sp³-hybridized carbons (Fsp3) is 0.667. The minimum absolute atomic E-state index is 0.0660. The minimum atomic E-state index is -0.443. The third-order valence-electron chi connectivity index (χ3n) is 6.24. The van der Waals surface area contributed by atoms with E-state index in [0.717, 1.165) is 25.5 Å². The van der Waals surface area contributed by atoms with Crippen LogP contribution in [-0.2, 0) is 0 Å². The summed E-state index contributed by atoms with van der Waals surface area (Å²) in [7, 11) is 1.79. The normalized spacial score (nSPS) is 29.2. The van der Waals surface area contributed by atoms with Crippen molar-refractivity contribution in [2.45, 2.75) is 44.1 Å². The number of benzene rings is 1. The molecule has 1 aromatic carbocycles. The van der Waals surface area contributed by atoms with Crippen molar-refractivity contribution < 1.29 is 8.78 Å². The van der Waals surface area contributed by atoms with Crippen molar-refractivity contribution in [1.82, 2.24) is 15.1 Å². The molecule has 2 heterocycles. The Morgan fingerprint density at radius 2 is 1.89 bits per heavy atom.